The Hall–Kier alpha value is -1.43. The largest absolute Gasteiger partial charge is 0.462 e. The number of carbonyl (C=O) groups is 1. The lowest BCUT2D eigenvalue weighted by Gasteiger charge is -2.25. The van der Waals surface area contributed by atoms with Gasteiger partial charge in [-0.05, 0) is 37.5 Å². The fourth-order valence-electron chi connectivity index (χ4n) is 2.28. The van der Waals surface area contributed by atoms with Gasteiger partial charge in [-0.15, -0.1) is 0 Å². The third-order valence-corrected chi connectivity index (χ3v) is 3.19. The smallest absolute Gasteiger partial charge is 0.338 e. The molecule has 1 rings (SSSR count). The predicted octanol–water partition coefficient (Wildman–Crippen LogP) is 2.06. The van der Waals surface area contributed by atoms with Crippen LogP contribution in [0.2, 0.25) is 0 Å². The number of nitrogens with zero attached hydrogens (tertiary/aromatic N) is 1. The summed E-state index contributed by atoms with van der Waals surface area (Å²) in [6.07, 6.45) is -0.918. The lowest BCUT2D eigenvalue weighted by Crippen LogP contribution is -2.35. The van der Waals surface area contributed by atoms with Crippen LogP contribution in [-0.4, -0.2) is 53.0 Å². The molecule has 0 fully saturated rings. The molecular formula is C18H29NO4. The minimum Gasteiger partial charge on any atom is -0.462 e. The van der Waals surface area contributed by atoms with Crippen molar-refractivity contribution < 1.29 is 19.7 Å². The standard InChI is InChI=1S/C18H29NO4/c1-13(2)12-23-18(22)17-7-5-16(6-8-17)11-19(9-14(3)20)10-15(4)21/h5-8,13-15,20-21H,9-12H2,1-4H3. The number of carbonyl (C=O) groups excluding carboxylic acids is 1. The number of hydrogen-bond donors (Lipinski definition) is 2. The number of rotatable bonds is 9. The molecule has 0 aliphatic carbocycles. The van der Waals surface area contributed by atoms with Gasteiger partial charge in [0.2, 0.25) is 0 Å². The van der Waals surface area contributed by atoms with Crippen LogP contribution in [0.3, 0.4) is 0 Å². The van der Waals surface area contributed by atoms with Gasteiger partial charge in [-0.3, -0.25) is 4.90 Å². The minimum atomic E-state index is -0.459. The molecule has 0 spiro atoms. The maximum Gasteiger partial charge on any atom is 0.338 e. The summed E-state index contributed by atoms with van der Waals surface area (Å²) in [7, 11) is 0. The summed E-state index contributed by atoms with van der Waals surface area (Å²) in [6, 6.07) is 7.26. The Morgan fingerprint density at radius 1 is 1.04 bits per heavy atom. The SMILES string of the molecule is CC(C)COC(=O)c1ccc(CN(CC(C)O)CC(C)O)cc1. The second-order valence-electron chi connectivity index (χ2n) is 6.58. The predicted molar refractivity (Wildman–Crippen MR) is 90.2 cm³/mol. The van der Waals surface area contributed by atoms with Crippen LogP contribution in [0, 0.1) is 5.92 Å². The van der Waals surface area contributed by atoms with Gasteiger partial charge in [-0.1, -0.05) is 26.0 Å². The molecule has 0 amide bonds. The third kappa shape index (κ3) is 8.11. The molecule has 5 heteroatoms. The Balaban J connectivity index is 2.65. The fourth-order valence-corrected chi connectivity index (χ4v) is 2.28. The Kier molecular flexibility index (Phi) is 8.23. The first kappa shape index (κ1) is 19.6. The van der Waals surface area contributed by atoms with E-state index in [1.165, 1.54) is 0 Å². The molecule has 1 aromatic carbocycles. The molecule has 2 atom stereocenters. The summed E-state index contributed by atoms with van der Waals surface area (Å²) in [5, 5.41) is 19.1. The minimum absolute atomic E-state index is 0.310. The molecule has 1 aromatic rings. The summed E-state index contributed by atoms with van der Waals surface area (Å²) in [5.41, 5.74) is 1.55. The molecule has 2 unspecified atom stereocenters. The summed E-state index contributed by atoms with van der Waals surface area (Å²) in [4.78, 5) is 13.9. The lowest BCUT2D eigenvalue weighted by molar-refractivity contribution is 0.0459. The van der Waals surface area contributed by atoms with E-state index in [1.807, 2.05) is 30.9 Å². The van der Waals surface area contributed by atoms with Gasteiger partial charge in [0.1, 0.15) is 0 Å². The van der Waals surface area contributed by atoms with Crippen LogP contribution in [-0.2, 0) is 11.3 Å². The van der Waals surface area contributed by atoms with Gasteiger partial charge in [0.15, 0.2) is 0 Å². The molecule has 130 valence electrons. The number of ether oxygens (including phenoxy) is 1. The van der Waals surface area contributed by atoms with E-state index in [9.17, 15) is 15.0 Å². The van der Waals surface area contributed by atoms with E-state index in [4.69, 9.17) is 4.74 Å². The fraction of sp³-hybridized carbons (Fsp3) is 0.611. The van der Waals surface area contributed by atoms with Crippen molar-refractivity contribution in [2.75, 3.05) is 19.7 Å². The van der Waals surface area contributed by atoms with E-state index in [2.05, 4.69) is 0 Å². The van der Waals surface area contributed by atoms with Crippen molar-refractivity contribution in [1.82, 2.24) is 4.90 Å². The second kappa shape index (κ2) is 9.65. The van der Waals surface area contributed by atoms with Crippen molar-refractivity contribution in [1.29, 1.82) is 0 Å². The molecule has 2 N–H and O–H groups in total. The summed E-state index contributed by atoms with van der Waals surface area (Å²) >= 11 is 0. The quantitative estimate of drug-likeness (QED) is 0.681. The average molecular weight is 323 g/mol. The van der Waals surface area contributed by atoms with Crippen molar-refractivity contribution >= 4 is 5.97 Å². The van der Waals surface area contributed by atoms with Crippen LogP contribution in [0.1, 0.15) is 43.6 Å². The van der Waals surface area contributed by atoms with Crippen molar-refractivity contribution in [3.05, 3.63) is 35.4 Å². The average Bonchev–Trinajstić information content (AvgIpc) is 2.44. The highest BCUT2D eigenvalue weighted by Gasteiger charge is 2.13. The van der Waals surface area contributed by atoms with Gasteiger partial charge in [0, 0.05) is 19.6 Å². The molecule has 0 bridgehead atoms. The zero-order valence-electron chi connectivity index (χ0n) is 14.5. The maximum atomic E-state index is 11.9. The molecule has 5 nitrogen and oxygen atoms in total. The first-order valence-electron chi connectivity index (χ1n) is 8.12. The van der Waals surface area contributed by atoms with E-state index in [-0.39, 0.29) is 5.97 Å². The Labute approximate surface area is 138 Å². The number of benzene rings is 1. The van der Waals surface area contributed by atoms with Crippen LogP contribution in [0.4, 0.5) is 0 Å². The highest BCUT2D eigenvalue weighted by atomic mass is 16.5. The van der Waals surface area contributed by atoms with Crippen molar-refractivity contribution in [2.24, 2.45) is 5.92 Å². The summed E-state index contributed by atoms with van der Waals surface area (Å²) in [6.45, 7) is 9.44. The molecule has 0 aromatic heterocycles. The van der Waals surface area contributed by atoms with Gasteiger partial charge in [-0.2, -0.15) is 0 Å². The van der Waals surface area contributed by atoms with Crippen LogP contribution in [0.25, 0.3) is 0 Å². The topological polar surface area (TPSA) is 70.0 Å². The normalized spacial score (nSPS) is 14.1. The first-order valence-corrected chi connectivity index (χ1v) is 8.12. The van der Waals surface area contributed by atoms with Crippen LogP contribution in [0.5, 0.6) is 0 Å². The number of aliphatic hydroxyl groups excluding tert-OH is 2. The highest BCUT2D eigenvalue weighted by molar-refractivity contribution is 5.89. The Morgan fingerprint density at radius 3 is 2.00 bits per heavy atom. The summed E-state index contributed by atoms with van der Waals surface area (Å²) < 4.78 is 5.20. The molecule has 0 heterocycles. The van der Waals surface area contributed by atoms with Gasteiger partial charge < -0.3 is 14.9 Å². The molecule has 0 saturated carbocycles. The van der Waals surface area contributed by atoms with Crippen LogP contribution >= 0.6 is 0 Å². The van der Waals surface area contributed by atoms with E-state index in [0.29, 0.717) is 37.7 Å². The number of hydrogen-bond acceptors (Lipinski definition) is 5. The zero-order valence-corrected chi connectivity index (χ0v) is 14.5. The van der Waals surface area contributed by atoms with Gasteiger partial charge in [-0.25, -0.2) is 4.79 Å². The zero-order chi connectivity index (χ0) is 17.4. The molecule has 0 saturated heterocycles. The first-order chi connectivity index (χ1) is 10.8. The van der Waals surface area contributed by atoms with E-state index in [0.717, 1.165) is 5.56 Å². The van der Waals surface area contributed by atoms with Crippen LogP contribution in [0.15, 0.2) is 24.3 Å². The Bertz CT molecular complexity index is 458. The second-order valence-corrected chi connectivity index (χ2v) is 6.58. The molecule has 0 aliphatic rings. The van der Waals surface area contributed by atoms with E-state index < -0.39 is 12.2 Å². The Morgan fingerprint density at radius 2 is 1.57 bits per heavy atom. The third-order valence-electron chi connectivity index (χ3n) is 3.19. The van der Waals surface area contributed by atoms with E-state index in [1.54, 1.807) is 26.0 Å². The van der Waals surface area contributed by atoms with Crippen molar-refractivity contribution in [2.45, 2.75) is 46.4 Å². The molecule has 23 heavy (non-hydrogen) atoms. The van der Waals surface area contributed by atoms with Crippen molar-refractivity contribution in [3.63, 3.8) is 0 Å². The molecule has 0 aliphatic heterocycles. The highest BCUT2D eigenvalue weighted by Crippen LogP contribution is 2.10. The monoisotopic (exact) mass is 323 g/mol. The van der Waals surface area contributed by atoms with Crippen LogP contribution < -0.4 is 0 Å². The van der Waals surface area contributed by atoms with Crippen molar-refractivity contribution in [3.8, 4) is 0 Å². The van der Waals surface area contributed by atoms with Gasteiger partial charge in [0.25, 0.3) is 0 Å². The maximum absolute atomic E-state index is 11.9. The summed E-state index contributed by atoms with van der Waals surface area (Å²) in [5.74, 6) is 0.00258. The van der Waals surface area contributed by atoms with E-state index >= 15 is 0 Å². The van der Waals surface area contributed by atoms with Gasteiger partial charge in [0.05, 0.1) is 24.4 Å². The van der Waals surface area contributed by atoms with Gasteiger partial charge >= 0.3 is 5.97 Å². The number of aliphatic hydroxyl groups is 2. The number of esters is 1. The lowest BCUT2D eigenvalue weighted by atomic mass is 10.1. The molecular weight excluding hydrogens is 294 g/mol. The molecule has 0 radical (unpaired) electrons.